The van der Waals surface area contributed by atoms with E-state index in [1.54, 1.807) is 17.1 Å². The number of nitrogens with zero attached hydrogens (tertiary/aromatic N) is 2. The summed E-state index contributed by atoms with van der Waals surface area (Å²) in [6.07, 6.45) is 11.0. The standard InChI is InChI=1S/C30H43F2N5O3/c1-4-8-25(35-22-10-9-20-13-21(31)14-24(32)23(20)15-22)28(39)36-26-17-37(19-34-26)29(2,3)16-27(38)33-18-30(40)11-6-5-7-12-30/h13-14,17,19,22,25,35,40H,4-12,15-16,18H2,1-3H3,(H,33,38)(H,36,39)/t22?,25-/m0/s1. The fourth-order valence-corrected chi connectivity index (χ4v) is 5.92. The first-order valence-corrected chi connectivity index (χ1v) is 14.6. The average molecular weight is 560 g/mol. The van der Waals surface area contributed by atoms with E-state index in [0.717, 1.165) is 31.7 Å². The van der Waals surface area contributed by atoms with Gasteiger partial charge in [-0.3, -0.25) is 9.59 Å². The lowest BCUT2D eigenvalue weighted by molar-refractivity contribution is -0.124. The van der Waals surface area contributed by atoms with Gasteiger partial charge in [0.1, 0.15) is 11.6 Å². The molecule has 2 aromatic rings. The summed E-state index contributed by atoms with van der Waals surface area (Å²) in [7, 11) is 0. The average Bonchev–Trinajstić information content (AvgIpc) is 3.37. The van der Waals surface area contributed by atoms with Gasteiger partial charge in [-0.15, -0.1) is 0 Å². The number of carbonyl (C=O) groups excluding carboxylic acids is 2. The predicted molar refractivity (Wildman–Crippen MR) is 150 cm³/mol. The van der Waals surface area contributed by atoms with Crippen molar-refractivity contribution in [2.24, 2.45) is 0 Å². The lowest BCUT2D eigenvalue weighted by atomic mass is 9.85. The highest BCUT2D eigenvalue weighted by molar-refractivity contribution is 5.94. The number of anilines is 1. The molecular weight excluding hydrogens is 516 g/mol. The monoisotopic (exact) mass is 559 g/mol. The Labute approximate surface area is 235 Å². The Balaban J connectivity index is 1.32. The van der Waals surface area contributed by atoms with Crippen LogP contribution in [0.2, 0.25) is 0 Å². The van der Waals surface area contributed by atoms with Crippen LogP contribution >= 0.6 is 0 Å². The summed E-state index contributed by atoms with van der Waals surface area (Å²) in [4.78, 5) is 30.2. The Kier molecular flexibility index (Phi) is 9.61. The van der Waals surface area contributed by atoms with E-state index in [1.165, 1.54) is 6.07 Å². The maximum Gasteiger partial charge on any atom is 0.242 e. The number of imidazole rings is 1. The van der Waals surface area contributed by atoms with Crippen molar-refractivity contribution in [1.29, 1.82) is 0 Å². The first-order chi connectivity index (χ1) is 19.0. The van der Waals surface area contributed by atoms with Crippen LogP contribution in [0.25, 0.3) is 0 Å². The Hall–Kier alpha value is -2.85. The van der Waals surface area contributed by atoms with Gasteiger partial charge in [0.05, 0.1) is 18.0 Å². The number of rotatable bonds is 11. The van der Waals surface area contributed by atoms with Gasteiger partial charge in [0.25, 0.3) is 0 Å². The molecule has 2 aliphatic carbocycles. The number of carbonyl (C=O) groups is 2. The third kappa shape index (κ3) is 7.66. The van der Waals surface area contributed by atoms with Crippen LogP contribution in [0, 0.1) is 11.6 Å². The number of aliphatic hydroxyl groups is 1. The third-order valence-electron chi connectivity index (χ3n) is 8.32. The largest absolute Gasteiger partial charge is 0.388 e. The van der Waals surface area contributed by atoms with Crippen molar-refractivity contribution in [3.05, 3.63) is 47.4 Å². The summed E-state index contributed by atoms with van der Waals surface area (Å²) in [6.45, 7) is 6.09. The Morgan fingerprint density at radius 2 is 1.98 bits per heavy atom. The normalized spacial score (nSPS) is 19.5. The van der Waals surface area contributed by atoms with E-state index in [1.807, 2.05) is 20.8 Å². The number of amides is 2. The number of nitrogens with one attached hydrogen (secondary N) is 3. The highest BCUT2D eigenvalue weighted by atomic mass is 19.1. The van der Waals surface area contributed by atoms with Gasteiger partial charge in [0.15, 0.2) is 5.82 Å². The van der Waals surface area contributed by atoms with Crippen LogP contribution in [0.1, 0.15) is 89.7 Å². The number of fused-ring (bicyclic) bond motifs is 1. The van der Waals surface area contributed by atoms with Crippen LogP contribution in [0.5, 0.6) is 0 Å². The second-order valence-electron chi connectivity index (χ2n) is 12.2. The van der Waals surface area contributed by atoms with Crippen molar-refractivity contribution >= 4 is 17.6 Å². The van der Waals surface area contributed by atoms with Gasteiger partial charge >= 0.3 is 0 Å². The molecule has 1 saturated carbocycles. The van der Waals surface area contributed by atoms with E-state index >= 15 is 0 Å². The molecule has 0 bridgehead atoms. The van der Waals surface area contributed by atoms with Crippen LogP contribution in [0.3, 0.4) is 0 Å². The molecule has 1 heterocycles. The fraction of sp³-hybridized carbons (Fsp3) is 0.633. The van der Waals surface area contributed by atoms with Gasteiger partial charge in [-0.1, -0.05) is 32.6 Å². The van der Waals surface area contributed by atoms with Gasteiger partial charge < -0.3 is 25.6 Å². The smallest absolute Gasteiger partial charge is 0.242 e. The summed E-state index contributed by atoms with van der Waals surface area (Å²) in [5, 5.41) is 19.8. The Morgan fingerprint density at radius 1 is 1.23 bits per heavy atom. The SMILES string of the molecule is CCC[C@H](NC1CCc2cc(F)cc(F)c2C1)C(=O)Nc1cn(C(C)(C)CC(=O)NCC2(O)CCCCC2)cn1. The van der Waals surface area contributed by atoms with Crippen LogP contribution in [0.15, 0.2) is 24.7 Å². The van der Waals surface area contributed by atoms with Crippen LogP contribution in [-0.2, 0) is 28.0 Å². The van der Waals surface area contributed by atoms with E-state index in [-0.39, 0.29) is 30.8 Å². The van der Waals surface area contributed by atoms with Crippen molar-refractivity contribution < 1.29 is 23.5 Å². The molecule has 0 radical (unpaired) electrons. The first-order valence-electron chi connectivity index (χ1n) is 14.6. The number of aryl methyl sites for hydroxylation is 1. The summed E-state index contributed by atoms with van der Waals surface area (Å²) >= 11 is 0. The molecule has 10 heteroatoms. The van der Waals surface area contributed by atoms with Crippen molar-refractivity contribution in [1.82, 2.24) is 20.2 Å². The van der Waals surface area contributed by atoms with Crippen LogP contribution in [0.4, 0.5) is 14.6 Å². The molecule has 1 aromatic carbocycles. The summed E-state index contributed by atoms with van der Waals surface area (Å²) in [5.41, 5.74) is -0.215. The molecule has 2 aliphatic rings. The molecule has 1 unspecified atom stereocenters. The minimum atomic E-state index is -0.819. The number of aromatic nitrogens is 2. The number of benzene rings is 1. The summed E-state index contributed by atoms with van der Waals surface area (Å²) in [6, 6.07) is 1.72. The topological polar surface area (TPSA) is 108 Å². The third-order valence-corrected chi connectivity index (χ3v) is 8.32. The van der Waals surface area contributed by atoms with Gasteiger partial charge in [-0.2, -0.15) is 0 Å². The predicted octanol–water partition coefficient (Wildman–Crippen LogP) is 4.35. The molecule has 4 N–H and O–H groups in total. The van der Waals surface area contributed by atoms with Gasteiger partial charge in [-0.05, 0) is 69.6 Å². The van der Waals surface area contributed by atoms with E-state index in [4.69, 9.17) is 0 Å². The van der Waals surface area contributed by atoms with Gasteiger partial charge in [-0.25, -0.2) is 13.8 Å². The van der Waals surface area contributed by atoms with Crippen LogP contribution < -0.4 is 16.0 Å². The maximum absolute atomic E-state index is 14.4. The molecular formula is C30H43F2N5O3. The van der Waals surface area contributed by atoms with Crippen molar-refractivity contribution in [2.75, 3.05) is 11.9 Å². The minimum absolute atomic E-state index is 0.101. The zero-order chi connectivity index (χ0) is 28.9. The zero-order valence-corrected chi connectivity index (χ0v) is 23.9. The molecule has 1 fully saturated rings. The second kappa shape index (κ2) is 12.8. The Bertz CT molecular complexity index is 1190. The molecule has 2 amide bonds. The highest BCUT2D eigenvalue weighted by Gasteiger charge is 2.31. The quantitative estimate of drug-likeness (QED) is 0.327. The fourth-order valence-electron chi connectivity index (χ4n) is 5.92. The molecule has 0 spiro atoms. The molecule has 40 heavy (non-hydrogen) atoms. The molecule has 220 valence electrons. The van der Waals surface area contributed by atoms with E-state index < -0.39 is 28.8 Å². The zero-order valence-electron chi connectivity index (χ0n) is 23.9. The number of halogens is 2. The Morgan fingerprint density at radius 3 is 2.70 bits per heavy atom. The number of hydrogen-bond acceptors (Lipinski definition) is 5. The van der Waals surface area contributed by atoms with E-state index in [2.05, 4.69) is 20.9 Å². The van der Waals surface area contributed by atoms with Gasteiger partial charge in [0, 0.05) is 36.8 Å². The highest BCUT2D eigenvalue weighted by Crippen LogP contribution is 2.28. The molecule has 0 saturated heterocycles. The van der Waals surface area contributed by atoms with Crippen LogP contribution in [-0.4, -0.2) is 50.7 Å². The molecule has 4 rings (SSSR count). The minimum Gasteiger partial charge on any atom is -0.388 e. The van der Waals surface area contributed by atoms with E-state index in [0.29, 0.717) is 55.5 Å². The van der Waals surface area contributed by atoms with Crippen molar-refractivity contribution in [2.45, 2.75) is 115 Å². The first kappa shape index (κ1) is 30.1. The van der Waals surface area contributed by atoms with E-state index in [9.17, 15) is 23.5 Å². The maximum atomic E-state index is 14.4. The van der Waals surface area contributed by atoms with Crippen molar-refractivity contribution in [3.63, 3.8) is 0 Å². The molecule has 1 aromatic heterocycles. The second-order valence-corrected chi connectivity index (χ2v) is 12.2. The lowest BCUT2D eigenvalue weighted by Gasteiger charge is -2.33. The lowest BCUT2D eigenvalue weighted by Crippen LogP contribution is -2.48. The summed E-state index contributed by atoms with van der Waals surface area (Å²) < 4.78 is 29.8. The summed E-state index contributed by atoms with van der Waals surface area (Å²) in [5.74, 6) is -1.09. The number of hydrogen-bond donors (Lipinski definition) is 4. The van der Waals surface area contributed by atoms with Crippen molar-refractivity contribution in [3.8, 4) is 0 Å². The van der Waals surface area contributed by atoms with Gasteiger partial charge in [0.2, 0.25) is 11.8 Å². The molecule has 8 nitrogen and oxygen atoms in total. The molecule has 0 aliphatic heterocycles. The molecule has 2 atom stereocenters.